The highest BCUT2D eigenvalue weighted by Gasteiger charge is 1.78. The van der Waals surface area contributed by atoms with Gasteiger partial charge < -0.3 is 11.1 Å². The maximum Gasteiger partial charge on any atom is 0.0346 e. The van der Waals surface area contributed by atoms with Gasteiger partial charge in [0.15, 0.2) is 0 Å². The van der Waals surface area contributed by atoms with Gasteiger partial charge in [0.05, 0.1) is 0 Å². The van der Waals surface area contributed by atoms with Gasteiger partial charge in [-0.05, 0) is 14.0 Å². The lowest BCUT2D eigenvalue weighted by Crippen LogP contribution is -2.15. The van der Waals surface area contributed by atoms with Crippen LogP contribution in [0.5, 0.6) is 0 Å². The highest BCUT2D eigenvalue weighted by Crippen LogP contribution is 1.74. The van der Waals surface area contributed by atoms with E-state index in [1.54, 1.807) is 0 Å². The van der Waals surface area contributed by atoms with Crippen LogP contribution in [0.1, 0.15) is 6.92 Å². The van der Waals surface area contributed by atoms with Crippen molar-refractivity contribution < 1.29 is 0 Å². The first-order valence-corrected chi connectivity index (χ1v) is 2.36. The molecular formula is C5H12N2. The second-order valence-electron chi connectivity index (χ2n) is 1.39. The summed E-state index contributed by atoms with van der Waals surface area (Å²) in [6.45, 7) is 2.71. The Morgan fingerprint density at radius 2 is 2.43 bits per heavy atom. The number of hydrogen-bond donors (Lipinski definition) is 2. The third-order valence-corrected chi connectivity index (χ3v) is 0.752. The van der Waals surface area contributed by atoms with E-state index in [4.69, 9.17) is 5.73 Å². The molecule has 0 atom stereocenters. The van der Waals surface area contributed by atoms with Crippen LogP contribution in [-0.2, 0) is 0 Å². The Morgan fingerprint density at radius 3 is 2.57 bits per heavy atom. The van der Waals surface area contributed by atoms with Crippen LogP contribution in [0.15, 0.2) is 11.8 Å². The molecule has 2 nitrogen and oxygen atoms in total. The van der Waals surface area contributed by atoms with Crippen LogP contribution in [-0.4, -0.2) is 13.6 Å². The zero-order valence-electron chi connectivity index (χ0n) is 4.86. The fourth-order valence-corrected chi connectivity index (χ4v) is 0.306. The second kappa shape index (κ2) is 3.68. The summed E-state index contributed by atoms with van der Waals surface area (Å²) in [7, 11) is 1.87. The largest absolute Gasteiger partial charge is 0.401 e. The van der Waals surface area contributed by atoms with E-state index < -0.39 is 0 Å². The minimum atomic E-state index is 0.788. The SMILES string of the molecule is C/C=C(\N)CNC. The first kappa shape index (κ1) is 6.50. The first-order chi connectivity index (χ1) is 3.31. The van der Waals surface area contributed by atoms with E-state index in [1.807, 2.05) is 20.0 Å². The molecule has 0 spiro atoms. The smallest absolute Gasteiger partial charge is 0.0346 e. The van der Waals surface area contributed by atoms with Crippen molar-refractivity contribution in [3.05, 3.63) is 11.8 Å². The van der Waals surface area contributed by atoms with Crippen LogP contribution in [0.25, 0.3) is 0 Å². The van der Waals surface area contributed by atoms with E-state index in [2.05, 4.69) is 5.32 Å². The molecule has 0 aliphatic rings. The highest BCUT2D eigenvalue weighted by atomic mass is 14.8. The van der Waals surface area contributed by atoms with E-state index in [9.17, 15) is 0 Å². The third kappa shape index (κ3) is 3.33. The Balaban J connectivity index is 3.17. The topological polar surface area (TPSA) is 38.0 Å². The number of allylic oxidation sites excluding steroid dienone is 1. The van der Waals surface area contributed by atoms with E-state index in [1.165, 1.54) is 0 Å². The van der Waals surface area contributed by atoms with E-state index >= 15 is 0 Å². The summed E-state index contributed by atoms with van der Waals surface area (Å²) in [5.74, 6) is 0. The molecule has 7 heavy (non-hydrogen) atoms. The van der Waals surface area contributed by atoms with Crippen LogP contribution >= 0.6 is 0 Å². The molecule has 42 valence electrons. The van der Waals surface area contributed by atoms with Crippen molar-refractivity contribution in [1.82, 2.24) is 5.32 Å². The maximum absolute atomic E-state index is 5.38. The van der Waals surface area contributed by atoms with Gasteiger partial charge >= 0.3 is 0 Å². The molecule has 0 saturated heterocycles. The third-order valence-electron chi connectivity index (χ3n) is 0.752. The fourth-order valence-electron chi connectivity index (χ4n) is 0.306. The van der Waals surface area contributed by atoms with Crippen molar-refractivity contribution in [3.63, 3.8) is 0 Å². The summed E-state index contributed by atoms with van der Waals surface area (Å²) in [6, 6.07) is 0. The number of rotatable bonds is 2. The first-order valence-electron chi connectivity index (χ1n) is 2.36. The van der Waals surface area contributed by atoms with E-state index in [0.29, 0.717) is 0 Å². The Hall–Kier alpha value is -0.500. The predicted octanol–water partition coefficient (Wildman–Crippen LogP) is 0.0683. The van der Waals surface area contributed by atoms with Gasteiger partial charge in [0, 0.05) is 12.2 Å². The molecule has 0 heterocycles. The van der Waals surface area contributed by atoms with E-state index in [0.717, 1.165) is 12.2 Å². The van der Waals surface area contributed by atoms with Crippen LogP contribution in [0.3, 0.4) is 0 Å². The molecule has 0 aromatic carbocycles. The molecule has 0 amide bonds. The van der Waals surface area contributed by atoms with Crippen molar-refractivity contribution >= 4 is 0 Å². The lowest BCUT2D eigenvalue weighted by molar-refractivity contribution is 0.869. The standard InChI is InChI=1S/C5H12N2/c1-3-5(6)4-7-2/h3,7H,4,6H2,1-2H3/b5-3-. The second-order valence-corrected chi connectivity index (χ2v) is 1.39. The fraction of sp³-hybridized carbons (Fsp3) is 0.600. The summed E-state index contributed by atoms with van der Waals surface area (Å²) >= 11 is 0. The van der Waals surface area contributed by atoms with E-state index in [-0.39, 0.29) is 0 Å². The van der Waals surface area contributed by atoms with Gasteiger partial charge in [-0.2, -0.15) is 0 Å². The van der Waals surface area contributed by atoms with Crippen molar-refractivity contribution in [3.8, 4) is 0 Å². The lowest BCUT2D eigenvalue weighted by atomic mass is 10.4. The molecular weight excluding hydrogens is 88.1 g/mol. The molecule has 0 unspecified atom stereocenters. The summed E-state index contributed by atoms with van der Waals surface area (Å²) in [5, 5.41) is 2.93. The average Bonchev–Trinajstić information content (AvgIpc) is 1.68. The van der Waals surface area contributed by atoms with Crippen molar-refractivity contribution in [1.29, 1.82) is 0 Å². The summed E-state index contributed by atoms with van der Waals surface area (Å²) in [4.78, 5) is 0. The van der Waals surface area contributed by atoms with Crippen molar-refractivity contribution in [2.45, 2.75) is 6.92 Å². The molecule has 0 aliphatic carbocycles. The Kier molecular flexibility index (Phi) is 3.42. The van der Waals surface area contributed by atoms with Gasteiger partial charge in [-0.25, -0.2) is 0 Å². The Morgan fingerprint density at radius 1 is 1.86 bits per heavy atom. The summed E-state index contributed by atoms with van der Waals surface area (Å²) < 4.78 is 0. The molecule has 0 fully saturated rings. The predicted molar refractivity (Wildman–Crippen MR) is 31.9 cm³/mol. The van der Waals surface area contributed by atoms with Gasteiger partial charge in [0.2, 0.25) is 0 Å². The van der Waals surface area contributed by atoms with Gasteiger partial charge in [-0.3, -0.25) is 0 Å². The Bertz CT molecular complexity index is 66.5. The van der Waals surface area contributed by atoms with Crippen LogP contribution in [0.4, 0.5) is 0 Å². The lowest BCUT2D eigenvalue weighted by Gasteiger charge is -1.94. The molecule has 0 aliphatic heterocycles. The maximum atomic E-state index is 5.38. The zero-order chi connectivity index (χ0) is 5.70. The Labute approximate surface area is 44.4 Å². The minimum Gasteiger partial charge on any atom is -0.401 e. The van der Waals surface area contributed by atoms with Crippen LogP contribution in [0.2, 0.25) is 0 Å². The summed E-state index contributed by atoms with van der Waals surface area (Å²) in [6.07, 6.45) is 1.89. The molecule has 3 N–H and O–H groups in total. The molecule has 0 bridgehead atoms. The normalized spacial score (nSPS) is 12.0. The monoisotopic (exact) mass is 100 g/mol. The zero-order valence-corrected chi connectivity index (χ0v) is 4.86. The number of nitrogens with two attached hydrogens (primary N) is 1. The highest BCUT2D eigenvalue weighted by molar-refractivity contribution is 4.95. The molecule has 0 aromatic rings. The van der Waals surface area contributed by atoms with Gasteiger partial charge in [-0.1, -0.05) is 6.08 Å². The number of nitrogens with one attached hydrogen (secondary N) is 1. The summed E-state index contributed by atoms with van der Waals surface area (Å²) in [5.41, 5.74) is 6.27. The quantitative estimate of drug-likeness (QED) is 0.515. The van der Waals surface area contributed by atoms with Gasteiger partial charge in [-0.15, -0.1) is 0 Å². The van der Waals surface area contributed by atoms with Crippen molar-refractivity contribution in [2.75, 3.05) is 13.6 Å². The number of hydrogen-bond acceptors (Lipinski definition) is 2. The molecule has 0 aromatic heterocycles. The van der Waals surface area contributed by atoms with Gasteiger partial charge in [0.25, 0.3) is 0 Å². The molecule has 2 heteroatoms. The average molecular weight is 100 g/mol. The molecule has 0 radical (unpaired) electrons. The minimum absolute atomic E-state index is 0.788. The van der Waals surface area contributed by atoms with Crippen LogP contribution in [0, 0.1) is 0 Å². The van der Waals surface area contributed by atoms with Crippen LogP contribution < -0.4 is 11.1 Å². The van der Waals surface area contributed by atoms with Gasteiger partial charge in [0.1, 0.15) is 0 Å². The number of likely N-dealkylation sites (N-methyl/N-ethyl adjacent to an activating group) is 1. The molecule has 0 saturated carbocycles. The van der Waals surface area contributed by atoms with Crippen molar-refractivity contribution in [2.24, 2.45) is 5.73 Å². The molecule has 0 rings (SSSR count).